The molecule has 0 saturated carbocycles. The van der Waals surface area contributed by atoms with Crippen LogP contribution >= 0.6 is 11.6 Å². The first kappa shape index (κ1) is 11.3. The molecule has 0 saturated heterocycles. The predicted molar refractivity (Wildman–Crippen MR) is 58.0 cm³/mol. The molecule has 3 heteroatoms. The van der Waals surface area contributed by atoms with Crippen molar-refractivity contribution in [2.45, 2.75) is 26.4 Å². The first-order valence-electron chi connectivity index (χ1n) is 4.66. The van der Waals surface area contributed by atoms with Crippen molar-refractivity contribution in [1.29, 1.82) is 0 Å². The highest BCUT2D eigenvalue weighted by Gasteiger charge is 1.99. The summed E-state index contributed by atoms with van der Waals surface area (Å²) in [5.74, 6) is 0.799. The number of rotatable bonds is 4. The van der Waals surface area contributed by atoms with E-state index in [-0.39, 0.29) is 6.10 Å². The average molecular weight is 215 g/mol. The van der Waals surface area contributed by atoms with E-state index in [4.69, 9.17) is 21.4 Å². The Hall–Kier alpha value is -0.730. The smallest absolute Gasteiger partial charge is 0.119 e. The van der Waals surface area contributed by atoms with Crippen LogP contribution in [0.3, 0.4) is 0 Å². The fourth-order valence-electron chi connectivity index (χ4n) is 1.05. The maximum Gasteiger partial charge on any atom is 0.119 e. The second-order valence-electron chi connectivity index (χ2n) is 3.40. The number of ether oxygens (including phenoxy) is 1. The quantitative estimate of drug-likeness (QED) is 0.835. The first-order chi connectivity index (χ1) is 6.59. The SMILES string of the molecule is Cc1cc(OCCC(C)O)ccc1Cl. The van der Waals surface area contributed by atoms with Crippen molar-refractivity contribution in [3.63, 3.8) is 0 Å². The van der Waals surface area contributed by atoms with Crippen LogP contribution in [0.1, 0.15) is 18.9 Å². The zero-order valence-electron chi connectivity index (χ0n) is 8.46. The summed E-state index contributed by atoms with van der Waals surface area (Å²) in [6, 6.07) is 5.54. The molecule has 0 radical (unpaired) electrons. The van der Waals surface area contributed by atoms with Crippen molar-refractivity contribution in [3.05, 3.63) is 28.8 Å². The largest absolute Gasteiger partial charge is 0.493 e. The molecule has 0 spiro atoms. The Morgan fingerprint density at radius 1 is 1.50 bits per heavy atom. The van der Waals surface area contributed by atoms with Gasteiger partial charge in [0.1, 0.15) is 5.75 Å². The van der Waals surface area contributed by atoms with Crippen molar-refractivity contribution in [2.75, 3.05) is 6.61 Å². The highest BCUT2D eigenvalue weighted by atomic mass is 35.5. The second kappa shape index (κ2) is 5.23. The number of hydrogen-bond donors (Lipinski definition) is 1. The van der Waals surface area contributed by atoms with Gasteiger partial charge in [0.25, 0.3) is 0 Å². The van der Waals surface area contributed by atoms with Crippen molar-refractivity contribution in [1.82, 2.24) is 0 Å². The van der Waals surface area contributed by atoms with Crippen molar-refractivity contribution in [3.8, 4) is 5.75 Å². The van der Waals surface area contributed by atoms with Gasteiger partial charge in [-0.25, -0.2) is 0 Å². The molecule has 0 heterocycles. The molecular formula is C11H15ClO2. The molecule has 0 aliphatic rings. The fraction of sp³-hybridized carbons (Fsp3) is 0.455. The predicted octanol–water partition coefficient (Wildman–Crippen LogP) is 2.80. The molecule has 1 rings (SSSR count). The maximum absolute atomic E-state index is 9.03. The lowest BCUT2D eigenvalue weighted by molar-refractivity contribution is 0.155. The molecule has 14 heavy (non-hydrogen) atoms. The highest BCUT2D eigenvalue weighted by Crippen LogP contribution is 2.21. The molecule has 0 bridgehead atoms. The Morgan fingerprint density at radius 3 is 2.79 bits per heavy atom. The lowest BCUT2D eigenvalue weighted by Gasteiger charge is -2.08. The fourth-order valence-corrected chi connectivity index (χ4v) is 1.17. The summed E-state index contributed by atoms with van der Waals surface area (Å²) >= 11 is 5.87. The van der Waals surface area contributed by atoms with Crippen LogP contribution < -0.4 is 4.74 Å². The molecular weight excluding hydrogens is 200 g/mol. The van der Waals surface area contributed by atoms with Gasteiger partial charge in [0.2, 0.25) is 0 Å². The van der Waals surface area contributed by atoms with Gasteiger partial charge in [0.15, 0.2) is 0 Å². The van der Waals surface area contributed by atoms with Crippen LogP contribution in [-0.2, 0) is 0 Å². The number of aliphatic hydroxyl groups is 1. The van der Waals surface area contributed by atoms with Crippen molar-refractivity contribution < 1.29 is 9.84 Å². The van der Waals surface area contributed by atoms with E-state index in [2.05, 4.69) is 0 Å². The summed E-state index contributed by atoms with van der Waals surface area (Å²) in [6.45, 7) is 4.21. The number of halogens is 1. The van der Waals surface area contributed by atoms with E-state index >= 15 is 0 Å². The molecule has 0 aliphatic heterocycles. The summed E-state index contributed by atoms with van der Waals surface area (Å²) in [5.41, 5.74) is 1.00. The van der Waals surface area contributed by atoms with E-state index < -0.39 is 0 Å². The lowest BCUT2D eigenvalue weighted by atomic mass is 10.2. The molecule has 1 aromatic rings. The van der Waals surface area contributed by atoms with Gasteiger partial charge in [0, 0.05) is 11.4 Å². The third-order valence-corrected chi connectivity index (χ3v) is 2.36. The Kier molecular flexibility index (Phi) is 4.23. The van der Waals surface area contributed by atoms with Gasteiger partial charge >= 0.3 is 0 Å². The van der Waals surface area contributed by atoms with Gasteiger partial charge < -0.3 is 9.84 Å². The molecule has 78 valence electrons. The van der Waals surface area contributed by atoms with Gasteiger partial charge in [-0.05, 0) is 37.6 Å². The van der Waals surface area contributed by atoms with Gasteiger partial charge in [0.05, 0.1) is 12.7 Å². The molecule has 1 atom stereocenters. The molecule has 0 amide bonds. The van der Waals surface area contributed by atoms with E-state index in [1.54, 1.807) is 6.92 Å². The minimum absolute atomic E-state index is 0.316. The molecule has 0 fully saturated rings. The Bertz CT molecular complexity index is 297. The minimum atomic E-state index is -0.316. The monoisotopic (exact) mass is 214 g/mol. The molecule has 0 aliphatic carbocycles. The van der Waals surface area contributed by atoms with Crippen LogP contribution in [-0.4, -0.2) is 17.8 Å². The van der Waals surface area contributed by atoms with Gasteiger partial charge in [-0.15, -0.1) is 0 Å². The summed E-state index contributed by atoms with van der Waals surface area (Å²) in [7, 11) is 0. The van der Waals surface area contributed by atoms with Gasteiger partial charge in [-0.3, -0.25) is 0 Å². The Labute approximate surface area is 89.5 Å². The number of aliphatic hydroxyl groups excluding tert-OH is 1. The Morgan fingerprint density at radius 2 is 2.21 bits per heavy atom. The Balaban J connectivity index is 2.47. The van der Waals surface area contributed by atoms with E-state index in [9.17, 15) is 0 Å². The van der Waals surface area contributed by atoms with Crippen LogP contribution in [0.4, 0.5) is 0 Å². The maximum atomic E-state index is 9.03. The third kappa shape index (κ3) is 3.56. The number of hydrogen-bond acceptors (Lipinski definition) is 2. The summed E-state index contributed by atoms with van der Waals surface area (Å²) in [5, 5.41) is 9.77. The molecule has 2 nitrogen and oxygen atoms in total. The van der Waals surface area contributed by atoms with Crippen LogP contribution in [0.2, 0.25) is 5.02 Å². The normalized spacial score (nSPS) is 12.6. The summed E-state index contributed by atoms with van der Waals surface area (Å²) < 4.78 is 5.43. The van der Waals surface area contributed by atoms with Crippen LogP contribution in [0.5, 0.6) is 5.75 Å². The van der Waals surface area contributed by atoms with Crippen molar-refractivity contribution >= 4 is 11.6 Å². The van der Waals surface area contributed by atoms with E-state index in [1.165, 1.54) is 0 Å². The average Bonchev–Trinajstić information content (AvgIpc) is 2.10. The van der Waals surface area contributed by atoms with Gasteiger partial charge in [-0.1, -0.05) is 11.6 Å². The zero-order valence-corrected chi connectivity index (χ0v) is 9.21. The molecule has 1 aromatic carbocycles. The summed E-state index contributed by atoms with van der Waals surface area (Å²) in [6.07, 6.45) is 0.324. The van der Waals surface area contributed by atoms with E-state index in [1.807, 2.05) is 25.1 Å². The van der Waals surface area contributed by atoms with Crippen LogP contribution in [0.25, 0.3) is 0 Å². The molecule has 1 N–H and O–H groups in total. The molecule has 0 aromatic heterocycles. The summed E-state index contributed by atoms with van der Waals surface area (Å²) in [4.78, 5) is 0. The topological polar surface area (TPSA) is 29.5 Å². The van der Waals surface area contributed by atoms with Crippen LogP contribution in [0, 0.1) is 6.92 Å². The minimum Gasteiger partial charge on any atom is -0.493 e. The van der Waals surface area contributed by atoms with Gasteiger partial charge in [-0.2, -0.15) is 0 Å². The van der Waals surface area contributed by atoms with Crippen LogP contribution in [0.15, 0.2) is 18.2 Å². The lowest BCUT2D eigenvalue weighted by Crippen LogP contribution is -2.07. The number of benzene rings is 1. The zero-order chi connectivity index (χ0) is 10.6. The standard InChI is InChI=1S/C11H15ClO2/c1-8-7-10(3-4-11(8)12)14-6-5-9(2)13/h3-4,7,9,13H,5-6H2,1-2H3. The third-order valence-electron chi connectivity index (χ3n) is 1.93. The second-order valence-corrected chi connectivity index (χ2v) is 3.80. The van der Waals surface area contributed by atoms with Crippen molar-refractivity contribution in [2.24, 2.45) is 0 Å². The highest BCUT2D eigenvalue weighted by molar-refractivity contribution is 6.31. The molecule has 1 unspecified atom stereocenters. The van der Waals surface area contributed by atoms with E-state index in [0.29, 0.717) is 13.0 Å². The number of aryl methyl sites for hydroxylation is 1. The first-order valence-corrected chi connectivity index (χ1v) is 5.04. The van der Waals surface area contributed by atoms with E-state index in [0.717, 1.165) is 16.3 Å².